The summed E-state index contributed by atoms with van der Waals surface area (Å²) in [6.07, 6.45) is 0. The summed E-state index contributed by atoms with van der Waals surface area (Å²) in [5.74, 6) is 0.439. The molecule has 0 fully saturated rings. The van der Waals surface area contributed by atoms with Crippen LogP contribution in [0.4, 0.5) is 0 Å². The van der Waals surface area contributed by atoms with Crippen LogP contribution < -0.4 is 10.5 Å². The summed E-state index contributed by atoms with van der Waals surface area (Å²) in [4.78, 5) is 0. The number of para-hydroxylation sites is 1. The van der Waals surface area contributed by atoms with Crippen LogP contribution in [0.1, 0.15) is 11.1 Å². The second-order valence-electron chi connectivity index (χ2n) is 3.91. The fourth-order valence-corrected chi connectivity index (χ4v) is 2.19. The first-order valence-electron chi connectivity index (χ1n) is 5.58. The molecule has 0 bridgehead atoms. The fourth-order valence-electron chi connectivity index (χ4n) is 1.68. The van der Waals surface area contributed by atoms with Crippen LogP contribution in [0, 0.1) is 5.41 Å². The molecule has 98 valence electrons. The number of ether oxygens (including phenoxy) is 1. The Balaban J connectivity index is 2.22. The third-order valence-electron chi connectivity index (χ3n) is 2.60. The van der Waals surface area contributed by atoms with Gasteiger partial charge in [0.05, 0.1) is 10.0 Å². The van der Waals surface area contributed by atoms with Gasteiger partial charge in [0, 0.05) is 11.1 Å². The van der Waals surface area contributed by atoms with Crippen LogP contribution >= 0.6 is 23.2 Å². The molecule has 0 amide bonds. The molecule has 0 spiro atoms. The lowest BCUT2D eigenvalue weighted by molar-refractivity contribution is 0.306. The average molecular weight is 295 g/mol. The fraction of sp³-hybridized carbons (Fsp3) is 0.0714. The van der Waals surface area contributed by atoms with Crippen molar-refractivity contribution in [3.8, 4) is 5.75 Å². The van der Waals surface area contributed by atoms with Crippen molar-refractivity contribution in [3.63, 3.8) is 0 Å². The first-order valence-corrected chi connectivity index (χ1v) is 6.34. The molecule has 5 heteroatoms. The molecule has 0 heterocycles. The van der Waals surface area contributed by atoms with E-state index in [4.69, 9.17) is 39.1 Å². The van der Waals surface area contributed by atoms with Crippen LogP contribution in [-0.2, 0) is 6.61 Å². The molecule has 0 aliphatic carbocycles. The molecular weight excluding hydrogens is 283 g/mol. The second-order valence-corrected chi connectivity index (χ2v) is 4.72. The summed E-state index contributed by atoms with van der Waals surface area (Å²) in [5.41, 5.74) is 6.97. The standard InChI is InChI=1S/C14H12Cl2N2O/c15-11-6-3-7-12(16)13(11)19-8-9-4-1-2-5-10(9)14(17)18/h1-7H,8H2,(H3,17,18). The third kappa shape index (κ3) is 3.19. The van der Waals surface area contributed by atoms with E-state index in [1.807, 2.05) is 18.2 Å². The molecule has 0 saturated carbocycles. The molecule has 0 unspecified atom stereocenters. The van der Waals surface area contributed by atoms with Crippen molar-refractivity contribution in [3.05, 3.63) is 63.6 Å². The zero-order chi connectivity index (χ0) is 13.8. The summed E-state index contributed by atoms with van der Waals surface area (Å²) in [5, 5.41) is 8.42. The number of hydrogen-bond donors (Lipinski definition) is 2. The van der Waals surface area contributed by atoms with Crippen molar-refractivity contribution >= 4 is 29.0 Å². The Morgan fingerprint density at radius 2 is 1.68 bits per heavy atom. The van der Waals surface area contributed by atoms with Gasteiger partial charge in [-0.1, -0.05) is 53.5 Å². The first-order chi connectivity index (χ1) is 9.09. The highest BCUT2D eigenvalue weighted by Crippen LogP contribution is 2.33. The van der Waals surface area contributed by atoms with Gasteiger partial charge in [0.15, 0.2) is 5.75 Å². The minimum atomic E-state index is 0.00413. The van der Waals surface area contributed by atoms with Gasteiger partial charge in [-0.25, -0.2) is 0 Å². The molecule has 0 radical (unpaired) electrons. The van der Waals surface area contributed by atoms with Crippen LogP contribution in [0.5, 0.6) is 5.75 Å². The number of nitrogens with one attached hydrogen (secondary N) is 1. The number of amidine groups is 1. The van der Waals surface area contributed by atoms with E-state index >= 15 is 0 Å². The maximum Gasteiger partial charge on any atom is 0.156 e. The van der Waals surface area contributed by atoms with Crippen LogP contribution in [0.3, 0.4) is 0 Å². The largest absolute Gasteiger partial charge is 0.486 e. The van der Waals surface area contributed by atoms with Crippen molar-refractivity contribution in [1.29, 1.82) is 5.41 Å². The van der Waals surface area contributed by atoms with E-state index in [-0.39, 0.29) is 12.4 Å². The van der Waals surface area contributed by atoms with Crippen LogP contribution in [0.15, 0.2) is 42.5 Å². The topological polar surface area (TPSA) is 59.1 Å². The van der Waals surface area contributed by atoms with Gasteiger partial charge < -0.3 is 10.5 Å². The summed E-state index contributed by atoms with van der Waals surface area (Å²) < 4.78 is 5.63. The number of nitrogens with two attached hydrogens (primary N) is 1. The second kappa shape index (κ2) is 5.95. The molecule has 0 atom stereocenters. The number of benzene rings is 2. The van der Waals surface area contributed by atoms with Gasteiger partial charge in [-0.15, -0.1) is 0 Å². The number of nitrogen functional groups attached to an aromatic ring is 1. The molecular formula is C14H12Cl2N2O. The van der Waals surface area contributed by atoms with E-state index in [2.05, 4.69) is 0 Å². The lowest BCUT2D eigenvalue weighted by atomic mass is 10.1. The molecule has 2 aromatic carbocycles. The van der Waals surface area contributed by atoms with Crippen molar-refractivity contribution < 1.29 is 4.74 Å². The molecule has 0 saturated heterocycles. The predicted molar refractivity (Wildman–Crippen MR) is 78.3 cm³/mol. The lowest BCUT2D eigenvalue weighted by Gasteiger charge is -2.12. The van der Waals surface area contributed by atoms with Crippen molar-refractivity contribution in [2.75, 3.05) is 0 Å². The summed E-state index contributed by atoms with van der Waals surface area (Å²) in [6.45, 7) is 0.249. The minimum Gasteiger partial charge on any atom is -0.486 e. The van der Waals surface area contributed by atoms with Gasteiger partial charge in [0.2, 0.25) is 0 Å². The Kier molecular flexibility index (Phi) is 4.30. The van der Waals surface area contributed by atoms with Crippen LogP contribution in [-0.4, -0.2) is 5.84 Å². The van der Waals surface area contributed by atoms with E-state index in [1.165, 1.54) is 0 Å². The molecule has 0 aliphatic rings. The smallest absolute Gasteiger partial charge is 0.156 e. The van der Waals surface area contributed by atoms with Gasteiger partial charge >= 0.3 is 0 Å². The Hall–Kier alpha value is -1.71. The SMILES string of the molecule is N=C(N)c1ccccc1COc1c(Cl)cccc1Cl. The highest BCUT2D eigenvalue weighted by Gasteiger charge is 2.09. The minimum absolute atomic E-state index is 0.00413. The van der Waals surface area contributed by atoms with Gasteiger partial charge in [-0.3, -0.25) is 5.41 Å². The van der Waals surface area contributed by atoms with Crippen LogP contribution in [0.2, 0.25) is 10.0 Å². The first kappa shape index (κ1) is 13.7. The normalized spacial score (nSPS) is 10.2. The van der Waals surface area contributed by atoms with E-state index in [1.54, 1.807) is 24.3 Å². The van der Waals surface area contributed by atoms with Crippen molar-refractivity contribution in [2.45, 2.75) is 6.61 Å². The summed E-state index contributed by atoms with van der Waals surface area (Å²) in [6, 6.07) is 12.5. The molecule has 2 aromatic rings. The average Bonchev–Trinajstić information content (AvgIpc) is 2.38. The van der Waals surface area contributed by atoms with E-state index in [0.29, 0.717) is 21.4 Å². The molecule has 19 heavy (non-hydrogen) atoms. The number of halogens is 2. The number of rotatable bonds is 4. The highest BCUT2D eigenvalue weighted by molar-refractivity contribution is 6.37. The van der Waals surface area contributed by atoms with E-state index < -0.39 is 0 Å². The maximum absolute atomic E-state index is 7.51. The predicted octanol–water partition coefficient (Wildman–Crippen LogP) is 3.86. The lowest BCUT2D eigenvalue weighted by Crippen LogP contribution is -2.14. The monoisotopic (exact) mass is 294 g/mol. The highest BCUT2D eigenvalue weighted by atomic mass is 35.5. The van der Waals surface area contributed by atoms with E-state index in [0.717, 1.165) is 5.56 Å². The van der Waals surface area contributed by atoms with Gasteiger partial charge in [0.25, 0.3) is 0 Å². The van der Waals surface area contributed by atoms with Crippen LogP contribution in [0.25, 0.3) is 0 Å². The Morgan fingerprint density at radius 3 is 2.32 bits per heavy atom. The number of hydrogen-bond acceptors (Lipinski definition) is 2. The zero-order valence-corrected chi connectivity index (χ0v) is 11.5. The molecule has 0 aliphatic heterocycles. The van der Waals surface area contributed by atoms with Gasteiger partial charge in [-0.05, 0) is 12.1 Å². The third-order valence-corrected chi connectivity index (χ3v) is 3.19. The quantitative estimate of drug-likeness (QED) is 0.664. The Labute approximate surface area is 121 Å². The van der Waals surface area contributed by atoms with Crippen molar-refractivity contribution in [2.24, 2.45) is 5.73 Å². The van der Waals surface area contributed by atoms with Gasteiger partial charge in [0.1, 0.15) is 12.4 Å². The molecule has 3 nitrogen and oxygen atoms in total. The zero-order valence-electron chi connectivity index (χ0n) is 9.99. The Bertz CT molecular complexity index is 594. The molecule has 2 rings (SSSR count). The van der Waals surface area contributed by atoms with Crippen molar-refractivity contribution in [1.82, 2.24) is 0 Å². The molecule has 0 aromatic heterocycles. The maximum atomic E-state index is 7.51. The molecule has 3 N–H and O–H groups in total. The van der Waals surface area contributed by atoms with Gasteiger partial charge in [-0.2, -0.15) is 0 Å². The Morgan fingerprint density at radius 1 is 1.05 bits per heavy atom. The summed E-state index contributed by atoms with van der Waals surface area (Å²) in [7, 11) is 0. The summed E-state index contributed by atoms with van der Waals surface area (Å²) >= 11 is 12.0. The van der Waals surface area contributed by atoms with E-state index in [9.17, 15) is 0 Å².